The van der Waals surface area contributed by atoms with Crippen LogP contribution in [0.1, 0.15) is 10.5 Å². The van der Waals surface area contributed by atoms with Crippen LogP contribution < -0.4 is 11.1 Å². The van der Waals surface area contributed by atoms with Crippen molar-refractivity contribution in [3.8, 4) is 0 Å². The van der Waals surface area contributed by atoms with E-state index in [1.807, 2.05) is 0 Å². The van der Waals surface area contributed by atoms with Gasteiger partial charge in [-0.15, -0.1) is 0 Å². The maximum absolute atomic E-state index is 13.4. The van der Waals surface area contributed by atoms with E-state index in [2.05, 4.69) is 10.3 Å². The molecule has 19 heavy (non-hydrogen) atoms. The third-order valence-electron chi connectivity index (χ3n) is 2.29. The van der Waals surface area contributed by atoms with E-state index in [-0.39, 0.29) is 17.1 Å². The van der Waals surface area contributed by atoms with Gasteiger partial charge in [-0.3, -0.25) is 4.79 Å². The van der Waals surface area contributed by atoms with Gasteiger partial charge in [-0.1, -0.05) is 0 Å². The van der Waals surface area contributed by atoms with Crippen molar-refractivity contribution in [2.45, 2.75) is 0 Å². The minimum Gasteiger partial charge on any atom is -0.396 e. The number of nitrogens with zero attached hydrogens (tertiary/aromatic N) is 1. The Morgan fingerprint density at radius 3 is 2.53 bits per heavy atom. The van der Waals surface area contributed by atoms with Crippen molar-refractivity contribution < 1.29 is 18.0 Å². The Balaban J connectivity index is 2.24. The zero-order valence-electron chi connectivity index (χ0n) is 9.45. The Morgan fingerprint density at radius 1 is 1.16 bits per heavy atom. The zero-order valence-corrected chi connectivity index (χ0v) is 9.45. The van der Waals surface area contributed by atoms with Crippen LogP contribution in [0.25, 0.3) is 0 Å². The molecule has 0 fully saturated rings. The van der Waals surface area contributed by atoms with Crippen molar-refractivity contribution in [3.05, 3.63) is 53.6 Å². The van der Waals surface area contributed by atoms with Gasteiger partial charge < -0.3 is 11.1 Å². The number of benzene rings is 1. The predicted molar refractivity (Wildman–Crippen MR) is 62.9 cm³/mol. The Hall–Kier alpha value is -2.57. The van der Waals surface area contributed by atoms with Crippen molar-refractivity contribution in [2.24, 2.45) is 0 Å². The number of aromatic nitrogens is 1. The summed E-state index contributed by atoms with van der Waals surface area (Å²) in [6.07, 6.45) is 0.851. The quantitative estimate of drug-likeness (QED) is 0.820. The first-order chi connectivity index (χ1) is 8.97. The van der Waals surface area contributed by atoms with Crippen molar-refractivity contribution in [2.75, 3.05) is 11.1 Å². The molecule has 1 amide bonds. The van der Waals surface area contributed by atoms with E-state index in [9.17, 15) is 18.0 Å². The van der Waals surface area contributed by atoms with Gasteiger partial charge in [0.2, 0.25) is 0 Å². The second-order valence-electron chi connectivity index (χ2n) is 3.67. The summed E-state index contributed by atoms with van der Waals surface area (Å²) in [5, 5.41) is 2.17. The normalized spacial score (nSPS) is 10.3. The largest absolute Gasteiger partial charge is 0.396 e. The van der Waals surface area contributed by atoms with Gasteiger partial charge in [0.1, 0.15) is 23.1 Å². The smallest absolute Gasteiger partial charge is 0.274 e. The number of hydrogen-bond donors (Lipinski definition) is 2. The van der Waals surface area contributed by atoms with Crippen LogP contribution in [-0.4, -0.2) is 10.9 Å². The molecular weight excluding hydrogens is 259 g/mol. The molecule has 0 spiro atoms. The Morgan fingerprint density at radius 2 is 1.89 bits per heavy atom. The molecule has 2 rings (SSSR count). The van der Waals surface area contributed by atoms with Gasteiger partial charge in [0.15, 0.2) is 0 Å². The monoisotopic (exact) mass is 267 g/mol. The maximum atomic E-state index is 13.4. The number of carbonyl (C=O) groups is 1. The van der Waals surface area contributed by atoms with Gasteiger partial charge in [0, 0.05) is 6.07 Å². The van der Waals surface area contributed by atoms with Gasteiger partial charge in [-0.05, 0) is 18.2 Å². The van der Waals surface area contributed by atoms with E-state index in [1.54, 1.807) is 0 Å². The summed E-state index contributed by atoms with van der Waals surface area (Å²) in [7, 11) is 0. The average molecular weight is 267 g/mol. The molecular formula is C12H8F3N3O. The molecule has 1 aromatic heterocycles. The lowest BCUT2D eigenvalue weighted by Gasteiger charge is -2.07. The number of nitrogens with two attached hydrogens (primary N) is 1. The molecule has 0 saturated heterocycles. The molecule has 0 unspecified atom stereocenters. The molecule has 0 aliphatic rings. The second kappa shape index (κ2) is 4.97. The van der Waals surface area contributed by atoms with E-state index < -0.39 is 23.4 Å². The molecule has 1 heterocycles. The molecule has 0 bridgehead atoms. The zero-order chi connectivity index (χ0) is 14.0. The third-order valence-corrected chi connectivity index (χ3v) is 2.29. The molecule has 1 aromatic carbocycles. The number of hydrogen-bond acceptors (Lipinski definition) is 3. The Labute approximate surface area is 106 Å². The fourth-order valence-corrected chi connectivity index (χ4v) is 1.36. The minimum absolute atomic E-state index is 0.108. The van der Waals surface area contributed by atoms with Crippen molar-refractivity contribution >= 4 is 17.3 Å². The highest BCUT2D eigenvalue weighted by Crippen LogP contribution is 2.21. The summed E-state index contributed by atoms with van der Waals surface area (Å²) in [5.41, 5.74) is 4.57. The van der Waals surface area contributed by atoms with Gasteiger partial charge in [-0.2, -0.15) is 0 Å². The summed E-state index contributed by atoms with van der Waals surface area (Å²) >= 11 is 0. The van der Waals surface area contributed by atoms with Crippen LogP contribution in [0.15, 0.2) is 30.5 Å². The highest BCUT2D eigenvalue weighted by atomic mass is 19.1. The topological polar surface area (TPSA) is 68.0 Å². The van der Waals surface area contributed by atoms with Crippen molar-refractivity contribution in [3.63, 3.8) is 0 Å². The SMILES string of the molecule is Nc1cc(NC(=O)c2ccc(F)cn2)c(F)cc1F. The van der Waals surface area contributed by atoms with Crippen molar-refractivity contribution in [1.29, 1.82) is 0 Å². The first-order valence-corrected chi connectivity index (χ1v) is 5.15. The average Bonchev–Trinajstić information content (AvgIpc) is 2.36. The van der Waals surface area contributed by atoms with Crippen LogP contribution in [-0.2, 0) is 0 Å². The molecule has 4 nitrogen and oxygen atoms in total. The van der Waals surface area contributed by atoms with Crippen LogP contribution in [0.3, 0.4) is 0 Å². The van der Waals surface area contributed by atoms with E-state index >= 15 is 0 Å². The number of halogens is 3. The number of rotatable bonds is 2. The van der Waals surface area contributed by atoms with E-state index in [0.29, 0.717) is 6.07 Å². The third kappa shape index (κ3) is 2.82. The van der Waals surface area contributed by atoms with Crippen LogP contribution in [0.4, 0.5) is 24.5 Å². The molecule has 7 heteroatoms. The van der Waals surface area contributed by atoms with E-state index in [1.165, 1.54) is 0 Å². The summed E-state index contributed by atoms with van der Waals surface area (Å²) in [5.74, 6) is -3.25. The Bertz CT molecular complexity index is 629. The highest BCUT2D eigenvalue weighted by molar-refractivity contribution is 6.03. The standard InChI is InChI=1S/C12H8F3N3O/c13-6-1-2-10(17-5-6)12(19)18-11-4-9(16)7(14)3-8(11)15/h1-5H,16H2,(H,18,19). The summed E-state index contributed by atoms with van der Waals surface area (Å²) in [6, 6.07) is 3.68. The fourth-order valence-electron chi connectivity index (χ4n) is 1.36. The van der Waals surface area contributed by atoms with Crippen molar-refractivity contribution in [1.82, 2.24) is 4.98 Å². The number of anilines is 2. The Kier molecular flexibility index (Phi) is 3.37. The van der Waals surface area contributed by atoms with Gasteiger partial charge in [0.05, 0.1) is 17.6 Å². The van der Waals surface area contributed by atoms with E-state index in [4.69, 9.17) is 5.73 Å². The first-order valence-electron chi connectivity index (χ1n) is 5.15. The molecule has 0 saturated carbocycles. The molecule has 3 N–H and O–H groups in total. The second-order valence-corrected chi connectivity index (χ2v) is 3.67. The molecule has 0 radical (unpaired) electrons. The molecule has 2 aromatic rings. The number of amides is 1. The van der Waals surface area contributed by atoms with Crippen LogP contribution in [0.2, 0.25) is 0 Å². The maximum Gasteiger partial charge on any atom is 0.274 e. The predicted octanol–water partition coefficient (Wildman–Crippen LogP) is 2.33. The number of nitrogen functional groups attached to an aromatic ring is 1. The molecule has 98 valence electrons. The van der Waals surface area contributed by atoms with Crippen LogP contribution in [0, 0.1) is 17.5 Å². The number of nitrogens with one attached hydrogen (secondary N) is 1. The highest BCUT2D eigenvalue weighted by Gasteiger charge is 2.13. The lowest BCUT2D eigenvalue weighted by atomic mass is 10.2. The number of carbonyl (C=O) groups excluding carboxylic acids is 1. The molecule has 0 aliphatic heterocycles. The van der Waals surface area contributed by atoms with Crippen LogP contribution >= 0.6 is 0 Å². The van der Waals surface area contributed by atoms with Gasteiger partial charge in [0.25, 0.3) is 5.91 Å². The lowest BCUT2D eigenvalue weighted by molar-refractivity contribution is 0.102. The summed E-state index contributed by atoms with van der Waals surface area (Å²) < 4.78 is 38.9. The first kappa shape index (κ1) is 12.9. The summed E-state index contributed by atoms with van der Waals surface area (Å²) in [4.78, 5) is 15.2. The van der Waals surface area contributed by atoms with Gasteiger partial charge >= 0.3 is 0 Å². The van der Waals surface area contributed by atoms with Crippen LogP contribution in [0.5, 0.6) is 0 Å². The van der Waals surface area contributed by atoms with Gasteiger partial charge in [-0.25, -0.2) is 18.2 Å². The lowest BCUT2D eigenvalue weighted by Crippen LogP contribution is -2.15. The summed E-state index contributed by atoms with van der Waals surface area (Å²) in [6.45, 7) is 0. The molecule has 0 atom stereocenters. The fraction of sp³-hybridized carbons (Fsp3) is 0. The molecule has 0 aliphatic carbocycles. The minimum atomic E-state index is -0.970. The van der Waals surface area contributed by atoms with E-state index in [0.717, 1.165) is 24.4 Å². The number of pyridine rings is 1.